The second-order valence-corrected chi connectivity index (χ2v) is 5.35. The summed E-state index contributed by atoms with van der Waals surface area (Å²) in [4.78, 5) is 14.9. The summed E-state index contributed by atoms with van der Waals surface area (Å²) in [7, 11) is 0. The standard InChI is InChI=1S/C19H12N4O/c20-12-14-11-16-17(13-7-3-1-4-8-13)22-23(18(16)21-19(14)24)15-9-5-2-6-10-15/h1-11H,(H,21,24). The second kappa shape index (κ2) is 5.52. The number of aromatic amines is 1. The first kappa shape index (κ1) is 14.0. The van der Waals surface area contributed by atoms with Crippen molar-refractivity contribution in [3.05, 3.63) is 82.6 Å². The number of rotatable bonds is 2. The molecule has 0 atom stereocenters. The molecule has 0 saturated heterocycles. The summed E-state index contributed by atoms with van der Waals surface area (Å²) in [5.41, 5.74) is 2.72. The Morgan fingerprint density at radius 2 is 1.67 bits per heavy atom. The predicted octanol–water partition coefficient (Wildman–Crippen LogP) is 3.25. The molecule has 5 nitrogen and oxygen atoms in total. The fraction of sp³-hybridized carbons (Fsp3) is 0. The fourth-order valence-corrected chi connectivity index (χ4v) is 2.72. The number of para-hydroxylation sites is 1. The molecule has 114 valence electrons. The Kier molecular flexibility index (Phi) is 3.22. The molecular formula is C19H12N4O. The summed E-state index contributed by atoms with van der Waals surface area (Å²) in [6.07, 6.45) is 0. The van der Waals surface area contributed by atoms with Crippen molar-refractivity contribution in [2.45, 2.75) is 0 Å². The number of H-pyrrole nitrogens is 1. The van der Waals surface area contributed by atoms with Crippen molar-refractivity contribution < 1.29 is 0 Å². The van der Waals surface area contributed by atoms with Crippen LogP contribution >= 0.6 is 0 Å². The quantitative estimate of drug-likeness (QED) is 0.617. The number of hydrogen-bond donors (Lipinski definition) is 1. The van der Waals surface area contributed by atoms with Gasteiger partial charge in [-0.05, 0) is 18.2 Å². The molecule has 24 heavy (non-hydrogen) atoms. The van der Waals surface area contributed by atoms with Gasteiger partial charge in [0.2, 0.25) is 0 Å². The third-order valence-corrected chi connectivity index (χ3v) is 3.86. The summed E-state index contributed by atoms with van der Waals surface area (Å²) in [5.74, 6) is 0. The van der Waals surface area contributed by atoms with E-state index in [-0.39, 0.29) is 5.56 Å². The van der Waals surface area contributed by atoms with Gasteiger partial charge in [-0.1, -0.05) is 48.5 Å². The highest BCUT2D eigenvalue weighted by atomic mass is 16.1. The van der Waals surface area contributed by atoms with Gasteiger partial charge in [0.1, 0.15) is 23.0 Å². The molecule has 5 heteroatoms. The maximum absolute atomic E-state index is 12.1. The average molecular weight is 312 g/mol. The number of hydrogen-bond acceptors (Lipinski definition) is 3. The maximum Gasteiger partial charge on any atom is 0.267 e. The predicted molar refractivity (Wildman–Crippen MR) is 91.8 cm³/mol. The van der Waals surface area contributed by atoms with Crippen LogP contribution in [0.2, 0.25) is 0 Å². The first-order valence-corrected chi connectivity index (χ1v) is 7.45. The van der Waals surface area contributed by atoms with Crippen LogP contribution in [0.25, 0.3) is 28.0 Å². The Labute approximate surface area is 137 Å². The van der Waals surface area contributed by atoms with Gasteiger partial charge < -0.3 is 4.98 Å². The van der Waals surface area contributed by atoms with Crippen LogP contribution in [0.3, 0.4) is 0 Å². The first-order valence-electron chi connectivity index (χ1n) is 7.45. The molecule has 0 fully saturated rings. The summed E-state index contributed by atoms with van der Waals surface area (Å²) < 4.78 is 1.69. The number of nitriles is 1. The highest BCUT2D eigenvalue weighted by Crippen LogP contribution is 2.28. The lowest BCUT2D eigenvalue weighted by molar-refractivity contribution is 0.898. The Morgan fingerprint density at radius 1 is 1.00 bits per heavy atom. The second-order valence-electron chi connectivity index (χ2n) is 5.35. The zero-order valence-corrected chi connectivity index (χ0v) is 12.6. The minimum absolute atomic E-state index is 0.0762. The molecule has 2 aromatic carbocycles. The van der Waals surface area contributed by atoms with Crippen molar-refractivity contribution in [2.75, 3.05) is 0 Å². The summed E-state index contributed by atoms with van der Waals surface area (Å²) >= 11 is 0. The third-order valence-electron chi connectivity index (χ3n) is 3.86. The van der Waals surface area contributed by atoms with Crippen LogP contribution in [0.4, 0.5) is 0 Å². The van der Waals surface area contributed by atoms with Gasteiger partial charge in [-0.15, -0.1) is 0 Å². The van der Waals surface area contributed by atoms with Gasteiger partial charge in [-0.25, -0.2) is 4.68 Å². The van der Waals surface area contributed by atoms with E-state index in [0.29, 0.717) is 5.65 Å². The van der Waals surface area contributed by atoms with Gasteiger partial charge in [-0.3, -0.25) is 4.79 Å². The van der Waals surface area contributed by atoms with Gasteiger partial charge in [0.25, 0.3) is 5.56 Å². The number of pyridine rings is 1. The summed E-state index contributed by atoms with van der Waals surface area (Å²) in [6.45, 7) is 0. The smallest absolute Gasteiger partial charge is 0.267 e. The molecule has 0 saturated carbocycles. The van der Waals surface area contributed by atoms with E-state index in [9.17, 15) is 4.79 Å². The molecule has 0 aliphatic rings. The molecular weight excluding hydrogens is 300 g/mol. The molecule has 0 bridgehead atoms. The van der Waals surface area contributed by atoms with Crippen molar-refractivity contribution in [1.82, 2.24) is 14.8 Å². The highest BCUT2D eigenvalue weighted by molar-refractivity contribution is 5.92. The number of fused-ring (bicyclic) bond motifs is 1. The SMILES string of the molecule is N#Cc1cc2c(-c3ccccc3)nn(-c3ccccc3)c2[nH]c1=O. The molecule has 0 amide bonds. The van der Waals surface area contributed by atoms with E-state index in [2.05, 4.69) is 10.1 Å². The molecule has 0 aliphatic carbocycles. The lowest BCUT2D eigenvalue weighted by Gasteiger charge is -2.02. The fourth-order valence-electron chi connectivity index (χ4n) is 2.72. The van der Waals surface area contributed by atoms with Crippen LogP contribution in [-0.2, 0) is 0 Å². The van der Waals surface area contributed by atoms with Crippen LogP contribution in [0.15, 0.2) is 71.5 Å². The van der Waals surface area contributed by atoms with E-state index in [1.165, 1.54) is 0 Å². The van der Waals surface area contributed by atoms with E-state index in [1.807, 2.05) is 66.7 Å². The van der Waals surface area contributed by atoms with E-state index in [1.54, 1.807) is 10.7 Å². The Balaban J connectivity index is 2.10. The molecule has 0 radical (unpaired) electrons. The van der Waals surface area contributed by atoms with Crippen molar-refractivity contribution in [3.8, 4) is 23.0 Å². The van der Waals surface area contributed by atoms with E-state index in [0.717, 1.165) is 22.3 Å². The van der Waals surface area contributed by atoms with Crippen molar-refractivity contribution >= 4 is 11.0 Å². The summed E-state index contributed by atoms with van der Waals surface area (Å²) in [5, 5.41) is 14.6. The van der Waals surface area contributed by atoms with Gasteiger partial charge in [0.15, 0.2) is 0 Å². The Hall–Kier alpha value is -3.65. The van der Waals surface area contributed by atoms with Crippen LogP contribution in [0.5, 0.6) is 0 Å². The largest absolute Gasteiger partial charge is 0.305 e. The topological polar surface area (TPSA) is 74.5 Å². The van der Waals surface area contributed by atoms with Crippen LogP contribution < -0.4 is 5.56 Å². The van der Waals surface area contributed by atoms with Gasteiger partial charge in [0, 0.05) is 10.9 Å². The summed E-state index contributed by atoms with van der Waals surface area (Å²) in [6, 6.07) is 22.8. The lowest BCUT2D eigenvalue weighted by atomic mass is 10.1. The molecule has 1 N–H and O–H groups in total. The zero-order chi connectivity index (χ0) is 16.5. The molecule has 0 unspecified atom stereocenters. The lowest BCUT2D eigenvalue weighted by Crippen LogP contribution is -2.11. The first-order chi connectivity index (χ1) is 11.8. The van der Waals surface area contributed by atoms with Crippen LogP contribution in [-0.4, -0.2) is 14.8 Å². The van der Waals surface area contributed by atoms with E-state index < -0.39 is 5.56 Å². The van der Waals surface area contributed by atoms with Gasteiger partial charge >= 0.3 is 0 Å². The molecule has 0 spiro atoms. The van der Waals surface area contributed by atoms with Crippen LogP contribution in [0.1, 0.15) is 5.56 Å². The van der Waals surface area contributed by atoms with Crippen molar-refractivity contribution in [2.24, 2.45) is 0 Å². The monoisotopic (exact) mass is 312 g/mol. The highest BCUT2D eigenvalue weighted by Gasteiger charge is 2.16. The molecule has 4 rings (SSSR count). The van der Waals surface area contributed by atoms with Crippen molar-refractivity contribution in [3.63, 3.8) is 0 Å². The average Bonchev–Trinajstić information content (AvgIpc) is 3.00. The Bertz CT molecular complexity index is 1120. The molecule has 2 aromatic heterocycles. The molecule has 4 aromatic rings. The minimum atomic E-state index is -0.415. The number of nitrogens with one attached hydrogen (secondary N) is 1. The van der Waals surface area contributed by atoms with Crippen molar-refractivity contribution in [1.29, 1.82) is 5.26 Å². The van der Waals surface area contributed by atoms with Gasteiger partial charge in [0.05, 0.1) is 5.69 Å². The zero-order valence-electron chi connectivity index (χ0n) is 12.6. The number of benzene rings is 2. The van der Waals surface area contributed by atoms with Crippen LogP contribution in [0, 0.1) is 11.3 Å². The normalized spacial score (nSPS) is 10.6. The van der Waals surface area contributed by atoms with Gasteiger partial charge in [-0.2, -0.15) is 10.4 Å². The third kappa shape index (κ3) is 2.18. The van der Waals surface area contributed by atoms with E-state index >= 15 is 0 Å². The molecule has 0 aliphatic heterocycles. The number of aromatic nitrogens is 3. The van der Waals surface area contributed by atoms with E-state index in [4.69, 9.17) is 5.26 Å². The maximum atomic E-state index is 12.1. The Morgan fingerprint density at radius 3 is 2.33 bits per heavy atom. The minimum Gasteiger partial charge on any atom is -0.305 e. The molecule has 2 heterocycles. The number of nitrogens with zero attached hydrogens (tertiary/aromatic N) is 3.